The van der Waals surface area contributed by atoms with Gasteiger partial charge < -0.3 is 0 Å². The van der Waals surface area contributed by atoms with Crippen molar-refractivity contribution in [3.8, 4) is 6.07 Å². The van der Waals surface area contributed by atoms with E-state index in [4.69, 9.17) is 16.9 Å². The van der Waals surface area contributed by atoms with E-state index in [9.17, 15) is 9.18 Å². The van der Waals surface area contributed by atoms with Crippen LogP contribution in [-0.2, 0) is 0 Å². The second-order valence-electron chi connectivity index (χ2n) is 2.20. The van der Waals surface area contributed by atoms with Crippen molar-refractivity contribution in [3.05, 3.63) is 32.6 Å². The summed E-state index contributed by atoms with van der Waals surface area (Å²) < 4.78 is 13.6. The maximum Gasteiger partial charge on any atom is 0.253 e. The van der Waals surface area contributed by atoms with Crippen molar-refractivity contribution in [2.24, 2.45) is 0 Å². The third kappa shape index (κ3) is 2.17. The highest BCUT2D eigenvalue weighted by atomic mass is 127. The quantitative estimate of drug-likeness (QED) is 0.591. The zero-order valence-corrected chi connectivity index (χ0v) is 9.06. The van der Waals surface area contributed by atoms with Gasteiger partial charge in [-0.05, 0) is 46.3 Å². The Hall–Kier alpha value is -0.670. The summed E-state index contributed by atoms with van der Waals surface area (Å²) in [4.78, 5) is 10.8. The first-order valence-electron chi connectivity index (χ1n) is 3.15. The van der Waals surface area contributed by atoms with Crippen molar-refractivity contribution < 1.29 is 9.18 Å². The Morgan fingerprint density at radius 2 is 2.23 bits per heavy atom. The standard InChI is InChI=1S/C8H2ClFINO/c9-8(13)5-1-4(11)2-7(10)6(5)3-12/h1-2H. The number of benzene rings is 1. The zero-order chi connectivity index (χ0) is 10.0. The van der Waals surface area contributed by atoms with Crippen LogP contribution in [0.25, 0.3) is 0 Å². The molecule has 0 spiro atoms. The van der Waals surface area contributed by atoms with Crippen LogP contribution in [0.2, 0.25) is 0 Å². The molecule has 0 bridgehead atoms. The summed E-state index contributed by atoms with van der Waals surface area (Å²) >= 11 is 7.01. The van der Waals surface area contributed by atoms with Gasteiger partial charge in [-0.1, -0.05) is 0 Å². The first-order valence-corrected chi connectivity index (χ1v) is 4.61. The fourth-order valence-electron chi connectivity index (χ4n) is 0.842. The topological polar surface area (TPSA) is 40.9 Å². The van der Waals surface area contributed by atoms with Gasteiger partial charge in [0, 0.05) is 3.57 Å². The van der Waals surface area contributed by atoms with Gasteiger partial charge in [0.2, 0.25) is 0 Å². The Morgan fingerprint density at radius 1 is 1.62 bits per heavy atom. The number of halogens is 3. The molecule has 0 aliphatic carbocycles. The normalized spacial score (nSPS) is 9.38. The van der Waals surface area contributed by atoms with Crippen LogP contribution in [0.15, 0.2) is 12.1 Å². The van der Waals surface area contributed by atoms with Gasteiger partial charge >= 0.3 is 0 Å². The van der Waals surface area contributed by atoms with Crippen LogP contribution in [-0.4, -0.2) is 5.24 Å². The van der Waals surface area contributed by atoms with Crippen molar-refractivity contribution in [3.63, 3.8) is 0 Å². The second kappa shape index (κ2) is 4.03. The molecule has 5 heteroatoms. The second-order valence-corrected chi connectivity index (χ2v) is 3.78. The molecule has 0 unspecified atom stereocenters. The molecule has 0 saturated carbocycles. The number of rotatable bonds is 1. The van der Waals surface area contributed by atoms with E-state index >= 15 is 0 Å². The van der Waals surface area contributed by atoms with E-state index in [1.807, 2.05) is 22.6 Å². The van der Waals surface area contributed by atoms with E-state index in [-0.39, 0.29) is 11.1 Å². The number of hydrogen-bond acceptors (Lipinski definition) is 2. The number of nitrogens with zero attached hydrogens (tertiary/aromatic N) is 1. The lowest BCUT2D eigenvalue weighted by Gasteiger charge is -2.00. The molecule has 66 valence electrons. The van der Waals surface area contributed by atoms with Crippen molar-refractivity contribution in [2.45, 2.75) is 0 Å². The maximum atomic E-state index is 13.0. The molecule has 1 aromatic carbocycles. The van der Waals surface area contributed by atoms with E-state index in [0.29, 0.717) is 3.57 Å². The molecule has 0 heterocycles. The lowest BCUT2D eigenvalue weighted by molar-refractivity contribution is 0.108. The van der Waals surface area contributed by atoms with Crippen molar-refractivity contribution >= 4 is 39.4 Å². The highest BCUT2D eigenvalue weighted by molar-refractivity contribution is 14.1. The largest absolute Gasteiger partial charge is 0.276 e. The summed E-state index contributed by atoms with van der Waals surface area (Å²) in [6.07, 6.45) is 0. The van der Waals surface area contributed by atoms with Gasteiger partial charge in [0.15, 0.2) is 0 Å². The molecule has 0 aromatic heterocycles. The Labute approximate surface area is 92.4 Å². The minimum atomic E-state index is -0.825. The average molecular weight is 309 g/mol. The van der Waals surface area contributed by atoms with Gasteiger partial charge in [0.1, 0.15) is 11.9 Å². The molecular formula is C8H2ClFINO. The van der Waals surface area contributed by atoms with Crippen LogP contribution in [0.4, 0.5) is 4.39 Å². The highest BCUT2D eigenvalue weighted by Gasteiger charge is 2.14. The number of carbonyl (C=O) groups is 1. The van der Waals surface area contributed by atoms with Gasteiger partial charge in [-0.2, -0.15) is 5.26 Å². The minimum absolute atomic E-state index is 0.0893. The lowest BCUT2D eigenvalue weighted by Crippen LogP contribution is -1.98. The Morgan fingerprint density at radius 3 is 2.69 bits per heavy atom. The first-order chi connectivity index (χ1) is 6.06. The lowest BCUT2D eigenvalue weighted by atomic mass is 10.1. The van der Waals surface area contributed by atoms with Gasteiger partial charge in [-0.25, -0.2) is 4.39 Å². The number of hydrogen-bond donors (Lipinski definition) is 0. The van der Waals surface area contributed by atoms with Crippen molar-refractivity contribution in [1.82, 2.24) is 0 Å². The van der Waals surface area contributed by atoms with Crippen molar-refractivity contribution in [2.75, 3.05) is 0 Å². The van der Waals surface area contributed by atoms with Crippen LogP contribution < -0.4 is 0 Å². The fraction of sp³-hybridized carbons (Fsp3) is 0. The molecule has 1 rings (SSSR count). The highest BCUT2D eigenvalue weighted by Crippen LogP contribution is 2.18. The van der Waals surface area contributed by atoms with E-state index in [1.165, 1.54) is 12.1 Å². The summed E-state index contributed by atoms with van der Waals surface area (Å²) in [6, 6.07) is 4.13. The molecule has 1 aromatic rings. The summed E-state index contributed by atoms with van der Waals surface area (Å²) in [5.74, 6) is -0.724. The van der Waals surface area contributed by atoms with Crippen LogP contribution in [0, 0.1) is 20.7 Å². The molecule has 0 saturated heterocycles. The third-order valence-corrected chi connectivity index (χ3v) is 2.20. The average Bonchev–Trinajstić information content (AvgIpc) is 2.02. The maximum absolute atomic E-state index is 13.0. The Bertz CT molecular complexity index is 413. The first kappa shape index (κ1) is 10.4. The summed E-state index contributed by atoms with van der Waals surface area (Å²) in [7, 11) is 0. The smallest absolute Gasteiger partial charge is 0.253 e. The van der Waals surface area contributed by atoms with Crippen LogP contribution in [0.5, 0.6) is 0 Å². The molecule has 0 amide bonds. The van der Waals surface area contributed by atoms with Gasteiger partial charge in [-0.15, -0.1) is 0 Å². The number of nitriles is 1. The van der Waals surface area contributed by atoms with Crippen molar-refractivity contribution in [1.29, 1.82) is 5.26 Å². The van der Waals surface area contributed by atoms with E-state index in [0.717, 1.165) is 0 Å². The van der Waals surface area contributed by atoms with Gasteiger partial charge in [-0.3, -0.25) is 4.79 Å². The molecule has 0 aliphatic rings. The fourth-order valence-corrected chi connectivity index (χ4v) is 1.58. The van der Waals surface area contributed by atoms with Crippen LogP contribution >= 0.6 is 34.2 Å². The molecular weight excluding hydrogens is 307 g/mol. The Balaban J connectivity index is 3.50. The summed E-state index contributed by atoms with van der Waals surface area (Å²) in [5, 5.41) is 7.71. The molecule has 0 aliphatic heterocycles. The number of carbonyl (C=O) groups excluding carboxylic acids is 1. The predicted octanol–water partition coefficient (Wildman–Crippen LogP) is 2.68. The van der Waals surface area contributed by atoms with E-state index in [2.05, 4.69) is 0 Å². The minimum Gasteiger partial charge on any atom is -0.276 e. The third-order valence-electron chi connectivity index (χ3n) is 1.38. The van der Waals surface area contributed by atoms with E-state index < -0.39 is 11.1 Å². The monoisotopic (exact) mass is 309 g/mol. The zero-order valence-electron chi connectivity index (χ0n) is 6.14. The SMILES string of the molecule is N#Cc1c(F)cc(I)cc1C(=O)Cl. The molecule has 2 nitrogen and oxygen atoms in total. The molecule has 0 atom stereocenters. The Kier molecular flexibility index (Phi) is 3.22. The summed E-state index contributed by atoms with van der Waals surface area (Å²) in [6.45, 7) is 0. The molecule has 0 N–H and O–H groups in total. The molecule has 0 fully saturated rings. The van der Waals surface area contributed by atoms with E-state index in [1.54, 1.807) is 6.07 Å². The van der Waals surface area contributed by atoms with Crippen LogP contribution in [0.1, 0.15) is 15.9 Å². The van der Waals surface area contributed by atoms with Gasteiger partial charge in [0.05, 0.1) is 11.1 Å². The molecule has 0 radical (unpaired) electrons. The van der Waals surface area contributed by atoms with Gasteiger partial charge in [0.25, 0.3) is 5.24 Å². The molecule has 13 heavy (non-hydrogen) atoms. The summed E-state index contributed by atoms with van der Waals surface area (Å²) in [5.41, 5.74) is -0.394. The van der Waals surface area contributed by atoms with Crippen LogP contribution in [0.3, 0.4) is 0 Å². The predicted molar refractivity (Wildman–Crippen MR) is 54.0 cm³/mol.